The Morgan fingerprint density at radius 2 is 2.24 bits per heavy atom. The standard InChI is InChI=1S/C13H18N2O2/c1-3-4-6-10(2)14-15-13(17)11-7-5-8-12(16)9-11/h5,7-9,16H,3-4,6H2,1-2H3,(H,15,17)/b14-10-. The van der Waals surface area contributed by atoms with E-state index in [1.54, 1.807) is 12.1 Å². The van der Waals surface area contributed by atoms with Crippen LogP contribution in [0.5, 0.6) is 5.75 Å². The van der Waals surface area contributed by atoms with Crippen molar-refractivity contribution in [2.75, 3.05) is 0 Å². The first-order chi connectivity index (χ1) is 8.13. The second-order valence-electron chi connectivity index (χ2n) is 3.94. The van der Waals surface area contributed by atoms with Gasteiger partial charge in [0.1, 0.15) is 5.75 Å². The van der Waals surface area contributed by atoms with Gasteiger partial charge in [0.25, 0.3) is 5.91 Å². The number of unbranched alkanes of at least 4 members (excludes halogenated alkanes) is 1. The maximum Gasteiger partial charge on any atom is 0.271 e. The summed E-state index contributed by atoms with van der Waals surface area (Å²) in [6, 6.07) is 6.18. The molecule has 0 radical (unpaired) electrons. The Morgan fingerprint density at radius 1 is 1.47 bits per heavy atom. The molecule has 0 saturated heterocycles. The predicted octanol–water partition coefficient (Wildman–Crippen LogP) is 2.69. The molecule has 0 fully saturated rings. The number of aromatic hydroxyl groups is 1. The number of phenols is 1. The third-order valence-corrected chi connectivity index (χ3v) is 2.35. The van der Waals surface area contributed by atoms with Crippen LogP contribution in [0.1, 0.15) is 43.5 Å². The summed E-state index contributed by atoms with van der Waals surface area (Å²) >= 11 is 0. The number of nitrogens with zero attached hydrogens (tertiary/aromatic N) is 1. The van der Waals surface area contributed by atoms with E-state index in [2.05, 4.69) is 17.5 Å². The highest BCUT2D eigenvalue weighted by atomic mass is 16.3. The number of carbonyl (C=O) groups excluding carboxylic acids is 1. The number of hydrogen-bond acceptors (Lipinski definition) is 3. The molecule has 0 saturated carbocycles. The molecule has 1 amide bonds. The van der Waals surface area contributed by atoms with Crippen molar-refractivity contribution in [1.29, 1.82) is 0 Å². The Morgan fingerprint density at radius 3 is 2.88 bits per heavy atom. The Labute approximate surface area is 101 Å². The average Bonchev–Trinajstić information content (AvgIpc) is 2.33. The van der Waals surface area contributed by atoms with E-state index in [0.717, 1.165) is 25.0 Å². The largest absolute Gasteiger partial charge is 0.508 e. The highest BCUT2D eigenvalue weighted by Crippen LogP contribution is 2.10. The van der Waals surface area contributed by atoms with Crippen LogP contribution in [0.3, 0.4) is 0 Å². The van der Waals surface area contributed by atoms with Crippen LogP contribution in [0.15, 0.2) is 29.4 Å². The van der Waals surface area contributed by atoms with E-state index in [4.69, 9.17) is 0 Å². The lowest BCUT2D eigenvalue weighted by atomic mass is 10.2. The fraction of sp³-hybridized carbons (Fsp3) is 0.385. The lowest BCUT2D eigenvalue weighted by Gasteiger charge is -2.02. The van der Waals surface area contributed by atoms with Gasteiger partial charge in [-0.05, 0) is 38.0 Å². The van der Waals surface area contributed by atoms with E-state index in [1.807, 2.05) is 6.92 Å². The molecule has 1 rings (SSSR count). The molecule has 1 aromatic rings. The van der Waals surface area contributed by atoms with E-state index in [-0.39, 0.29) is 11.7 Å². The minimum Gasteiger partial charge on any atom is -0.508 e. The van der Waals surface area contributed by atoms with Crippen LogP contribution in [0.2, 0.25) is 0 Å². The summed E-state index contributed by atoms with van der Waals surface area (Å²) in [6.45, 7) is 4.00. The first-order valence-electron chi connectivity index (χ1n) is 5.76. The molecule has 92 valence electrons. The molecular formula is C13H18N2O2. The molecule has 0 aliphatic heterocycles. The van der Waals surface area contributed by atoms with Crippen molar-refractivity contribution in [3.63, 3.8) is 0 Å². The zero-order valence-electron chi connectivity index (χ0n) is 10.2. The van der Waals surface area contributed by atoms with E-state index >= 15 is 0 Å². The highest BCUT2D eigenvalue weighted by molar-refractivity contribution is 5.95. The zero-order chi connectivity index (χ0) is 12.7. The summed E-state index contributed by atoms with van der Waals surface area (Å²) < 4.78 is 0. The van der Waals surface area contributed by atoms with E-state index in [9.17, 15) is 9.90 Å². The number of rotatable bonds is 5. The van der Waals surface area contributed by atoms with E-state index in [1.165, 1.54) is 12.1 Å². The monoisotopic (exact) mass is 234 g/mol. The number of benzene rings is 1. The van der Waals surface area contributed by atoms with Gasteiger partial charge in [-0.1, -0.05) is 19.4 Å². The smallest absolute Gasteiger partial charge is 0.271 e. The third-order valence-electron chi connectivity index (χ3n) is 2.35. The molecule has 0 spiro atoms. The molecule has 17 heavy (non-hydrogen) atoms. The molecule has 1 aromatic carbocycles. The van der Waals surface area contributed by atoms with Crippen LogP contribution >= 0.6 is 0 Å². The minimum absolute atomic E-state index is 0.0735. The van der Waals surface area contributed by atoms with Crippen LogP contribution in [-0.4, -0.2) is 16.7 Å². The van der Waals surface area contributed by atoms with Gasteiger partial charge in [-0.3, -0.25) is 4.79 Å². The molecule has 0 heterocycles. The second-order valence-corrected chi connectivity index (χ2v) is 3.94. The Balaban J connectivity index is 2.55. The Hall–Kier alpha value is -1.84. The van der Waals surface area contributed by atoms with Gasteiger partial charge in [-0.25, -0.2) is 5.43 Å². The number of nitrogens with one attached hydrogen (secondary N) is 1. The summed E-state index contributed by atoms with van der Waals surface area (Å²) in [4.78, 5) is 11.6. The SMILES string of the molecule is CCCC/C(C)=N\NC(=O)c1cccc(O)c1. The number of phenolic OH excluding ortho intramolecular Hbond substituents is 1. The summed E-state index contributed by atoms with van der Waals surface area (Å²) in [6.07, 6.45) is 3.06. The quantitative estimate of drug-likeness (QED) is 0.607. The first kappa shape index (κ1) is 13.2. The van der Waals surface area contributed by atoms with Crippen molar-refractivity contribution in [2.45, 2.75) is 33.1 Å². The van der Waals surface area contributed by atoms with E-state index in [0.29, 0.717) is 5.56 Å². The maximum atomic E-state index is 11.6. The minimum atomic E-state index is -0.309. The summed E-state index contributed by atoms with van der Waals surface area (Å²) in [7, 11) is 0. The fourth-order valence-electron chi connectivity index (χ4n) is 1.35. The van der Waals surface area contributed by atoms with Crippen molar-refractivity contribution in [1.82, 2.24) is 5.43 Å². The fourth-order valence-corrected chi connectivity index (χ4v) is 1.35. The lowest BCUT2D eigenvalue weighted by Crippen LogP contribution is -2.18. The molecule has 0 atom stereocenters. The maximum absolute atomic E-state index is 11.6. The van der Waals surface area contributed by atoms with Gasteiger partial charge in [0.2, 0.25) is 0 Å². The number of amides is 1. The molecule has 0 bridgehead atoms. The predicted molar refractivity (Wildman–Crippen MR) is 68.2 cm³/mol. The van der Waals surface area contributed by atoms with Crippen molar-refractivity contribution in [3.05, 3.63) is 29.8 Å². The molecule has 4 nitrogen and oxygen atoms in total. The second kappa shape index (κ2) is 6.68. The Bertz CT molecular complexity index is 414. The van der Waals surface area contributed by atoms with Crippen molar-refractivity contribution in [3.8, 4) is 5.75 Å². The van der Waals surface area contributed by atoms with Gasteiger partial charge >= 0.3 is 0 Å². The van der Waals surface area contributed by atoms with Crippen molar-refractivity contribution < 1.29 is 9.90 Å². The number of hydrogen-bond donors (Lipinski definition) is 2. The number of hydrazone groups is 1. The van der Waals surface area contributed by atoms with Crippen molar-refractivity contribution in [2.24, 2.45) is 5.10 Å². The van der Waals surface area contributed by atoms with E-state index < -0.39 is 0 Å². The third kappa shape index (κ3) is 4.68. The van der Waals surface area contributed by atoms with Gasteiger partial charge < -0.3 is 5.11 Å². The summed E-state index contributed by atoms with van der Waals surface area (Å²) in [5, 5.41) is 13.2. The molecule has 0 aromatic heterocycles. The highest BCUT2D eigenvalue weighted by Gasteiger charge is 2.04. The topological polar surface area (TPSA) is 61.7 Å². The first-order valence-corrected chi connectivity index (χ1v) is 5.76. The molecule has 0 aliphatic rings. The van der Waals surface area contributed by atoms with Crippen LogP contribution in [0.25, 0.3) is 0 Å². The van der Waals surface area contributed by atoms with Gasteiger partial charge in [-0.2, -0.15) is 5.10 Å². The lowest BCUT2D eigenvalue weighted by molar-refractivity contribution is 0.0954. The zero-order valence-corrected chi connectivity index (χ0v) is 10.2. The van der Waals surface area contributed by atoms with Gasteiger partial charge in [0, 0.05) is 11.3 Å². The summed E-state index contributed by atoms with van der Waals surface area (Å²) in [5.41, 5.74) is 3.78. The molecule has 0 aliphatic carbocycles. The van der Waals surface area contributed by atoms with Crippen LogP contribution < -0.4 is 5.43 Å². The van der Waals surface area contributed by atoms with Crippen LogP contribution in [-0.2, 0) is 0 Å². The van der Waals surface area contributed by atoms with Crippen LogP contribution in [0, 0.1) is 0 Å². The average molecular weight is 234 g/mol. The molecular weight excluding hydrogens is 216 g/mol. The van der Waals surface area contributed by atoms with Gasteiger partial charge in [0.15, 0.2) is 0 Å². The number of carbonyl (C=O) groups is 1. The normalized spacial score (nSPS) is 11.3. The van der Waals surface area contributed by atoms with Crippen LogP contribution in [0.4, 0.5) is 0 Å². The molecule has 0 unspecified atom stereocenters. The van der Waals surface area contributed by atoms with Gasteiger partial charge in [0.05, 0.1) is 0 Å². The Kier molecular flexibility index (Phi) is 5.20. The van der Waals surface area contributed by atoms with Gasteiger partial charge in [-0.15, -0.1) is 0 Å². The molecule has 2 N–H and O–H groups in total. The van der Waals surface area contributed by atoms with Crippen molar-refractivity contribution >= 4 is 11.6 Å². The molecule has 4 heteroatoms. The summed E-state index contributed by atoms with van der Waals surface area (Å²) in [5.74, 6) is -0.235.